The summed E-state index contributed by atoms with van der Waals surface area (Å²) in [6, 6.07) is 0. The van der Waals surface area contributed by atoms with Gasteiger partial charge in [0.25, 0.3) is 0 Å². The minimum Gasteiger partial charge on any atom is -0.508 e. The highest BCUT2D eigenvalue weighted by molar-refractivity contribution is 8.07. The van der Waals surface area contributed by atoms with Crippen molar-refractivity contribution in [1.29, 1.82) is 0 Å². The Bertz CT molecular complexity index is 1190. The number of hydrogen-bond acceptors (Lipinski definition) is 7. The average Bonchev–Trinajstić information content (AvgIpc) is 3.56. The molecule has 43 heavy (non-hydrogen) atoms. The lowest BCUT2D eigenvalue weighted by Crippen LogP contribution is -2.24. The van der Waals surface area contributed by atoms with Crippen LogP contribution in [0.4, 0.5) is 0 Å². The fraction of sp³-hybridized carbons (Fsp3) is 0.611. The Morgan fingerprint density at radius 1 is 0.651 bits per heavy atom. The second-order valence-corrected chi connectivity index (χ2v) is 17.2. The van der Waals surface area contributed by atoms with Gasteiger partial charge in [0.05, 0.1) is 0 Å². The fourth-order valence-corrected chi connectivity index (χ4v) is 6.03. The third kappa shape index (κ3) is 9.17. The summed E-state index contributed by atoms with van der Waals surface area (Å²) >= 11 is 1.27. The van der Waals surface area contributed by atoms with Crippen molar-refractivity contribution in [2.45, 2.75) is 107 Å². The zero-order valence-corrected chi connectivity index (χ0v) is 28.9. The smallest absolute Gasteiger partial charge is 0.331 e. The van der Waals surface area contributed by atoms with Crippen molar-refractivity contribution in [3.63, 3.8) is 0 Å². The van der Waals surface area contributed by atoms with E-state index in [1.807, 2.05) is 24.3 Å². The van der Waals surface area contributed by atoms with Crippen molar-refractivity contribution >= 4 is 23.7 Å². The van der Waals surface area contributed by atoms with Crippen LogP contribution in [0.25, 0.3) is 0 Å². The number of thioether (sulfide) groups is 1. The number of allylic oxidation sites excluding steroid dienone is 8. The van der Waals surface area contributed by atoms with Crippen molar-refractivity contribution in [1.82, 2.24) is 0 Å². The lowest BCUT2D eigenvalue weighted by Gasteiger charge is -2.35. The quantitative estimate of drug-likeness (QED) is 0.175. The summed E-state index contributed by atoms with van der Waals surface area (Å²) in [6.07, 6.45) is 11.8. The van der Waals surface area contributed by atoms with Crippen LogP contribution < -0.4 is 0 Å². The molecule has 1 saturated heterocycles. The molecule has 1 heterocycles. The Labute approximate surface area is 263 Å². The molecule has 2 aliphatic carbocycles. The molecule has 0 radical (unpaired) electrons. The first-order valence-electron chi connectivity index (χ1n) is 15.2. The van der Waals surface area contributed by atoms with Gasteiger partial charge in [0.15, 0.2) is 10.9 Å². The molecule has 0 aromatic rings. The van der Waals surface area contributed by atoms with E-state index in [1.165, 1.54) is 23.9 Å². The zero-order valence-electron chi connectivity index (χ0n) is 28.1. The van der Waals surface area contributed by atoms with E-state index in [1.54, 1.807) is 0 Å². The lowest BCUT2D eigenvalue weighted by molar-refractivity contribution is -0.146. The van der Waals surface area contributed by atoms with Crippen LogP contribution in [0.1, 0.15) is 95.9 Å². The third-order valence-corrected chi connectivity index (χ3v) is 8.90. The van der Waals surface area contributed by atoms with Crippen molar-refractivity contribution in [3.05, 3.63) is 70.3 Å². The summed E-state index contributed by atoms with van der Waals surface area (Å²) in [5.74, 6) is -0.340. The fourth-order valence-electron chi connectivity index (χ4n) is 5.44. The highest BCUT2D eigenvalue weighted by Crippen LogP contribution is 2.46. The van der Waals surface area contributed by atoms with Gasteiger partial charge in [-0.2, -0.15) is 0 Å². The van der Waals surface area contributed by atoms with E-state index in [9.17, 15) is 19.8 Å². The van der Waals surface area contributed by atoms with E-state index >= 15 is 0 Å². The molecule has 0 amide bonds. The van der Waals surface area contributed by atoms with Gasteiger partial charge >= 0.3 is 11.9 Å². The highest BCUT2D eigenvalue weighted by atomic mass is 32.2. The molecule has 0 aromatic carbocycles. The summed E-state index contributed by atoms with van der Waals surface area (Å²) in [5.41, 5.74) is 1.76. The van der Waals surface area contributed by atoms with E-state index in [0.717, 1.165) is 22.3 Å². The number of esters is 2. The Kier molecular flexibility index (Phi) is 10.0. The molecule has 0 spiro atoms. The Morgan fingerprint density at radius 2 is 0.977 bits per heavy atom. The lowest BCUT2D eigenvalue weighted by atomic mass is 9.71. The monoisotopic (exact) mass is 612 g/mol. The topological polar surface area (TPSA) is 93.1 Å². The van der Waals surface area contributed by atoms with Crippen LogP contribution in [0.3, 0.4) is 0 Å². The number of aliphatic hydroxyl groups excluding tert-OH is 2. The minimum atomic E-state index is -0.537. The molecule has 1 aliphatic heterocycles. The predicted molar refractivity (Wildman–Crippen MR) is 175 cm³/mol. The SMILES string of the molecule is CC(C)(C)C1=CC(C=CC(=O)OC2SC2OC(=O)C=CC2C=C(C(C)(C)C)C(O)=C(C(C)(C)C)C2)CC(C(C)(C)C)=C1O. The van der Waals surface area contributed by atoms with Crippen LogP contribution in [-0.2, 0) is 19.1 Å². The maximum Gasteiger partial charge on any atom is 0.331 e. The Balaban J connectivity index is 1.57. The summed E-state index contributed by atoms with van der Waals surface area (Å²) in [4.78, 5) is 25.2. The van der Waals surface area contributed by atoms with E-state index in [4.69, 9.17) is 9.47 Å². The van der Waals surface area contributed by atoms with Crippen molar-refractivity contribution in [2.24, 2.45) is 33.5 Å². The second-order valence-electron chi connectivity index (χ2n) is 16.0. The van der Waals surface area contributed by atoms with Crippen molar-refractivity contribution in [3.8, 4) is 0 Å². The van der Waals surface area contributed by atoms with Gasteiger partial charge in [-0.05, 0) is 68.6 Å². The molecular formula is C36H52O6S. The van der Waals surface area contributed by atoms with Gasteiger partial charge in [-0.3, -0.25) is 0 Å². The van der Waals surface area contributed by atoms with Gasteiger partial charge < -0.3 is 19.7 Å². The van der Waals surface area contributed by atoms with Crippen molar-refractivity contribution in [2.75, 3.05) is 0 Å². The largest absolute Gasteiger partial charge is 0.508 e. The average molecular weight is 613 g/mol. The second kappa shape index (κ2) is 12.4. The summed E-state index contributed by atoms with van der Waals surface area (Å²) in [6.45, 7) is 24.9. The van der Waals surface area contributed by atoms with Crippen LogP contribution >= 0.6 is 11.8 Å². The molecule has 4 unspecified atom stereocenters. The molecule has 7 heteroatoms. The van der Waals surface area contributed by atoms with Gasteiger partial charge in [-0.1, -0.05) is 119 Å². The first-order chi connectivity index (χ1) is 19.5. The molecule has 238 valence electrons. The molecule has 2 N–H and O–H groups in total. The van der Waals surface area contributed by atoms with Gasteiger partial charge in [0.2, 0.25) is 0 Å². The van der Waals surface area contributed by atoms with Crippen LogP contribution in [0.5, 0.6) is 0 Å². The molecule has 0 saturated carbocycles. The summed E-state index contributed by atoms with van der Waals surface area (Å²) < 4.78 is 11.0. The van der Waals surface area contributed by atoms with Crippen molar-refractivity contribution < 1.29 is 29.3 Å². The summed E-state index contributed by atoms with van der Waals surface area (Å²) in [7, 11) is 0. The maximum absolute atomic E-state index is 12.6. The van der Waals surface area contributed by atoms with E-state index in [-0.39, 0.29) is 33.5 Å². The number of hydrogen-bond donors (Lipinski definition) is 2. The first-order valence-corrected chi connectivity index (χ1v) is 16.2. The van der Waals surface area contributed by atoms with Gasteiger partial charge in [0.1, 0.15) is 11.5 Å². The Morgan fingerprint density at radius 3 is 1.26 bits per heavy atom. The van der Waals surface area contributed by atoms with E-state index < -0.39 is 22.8 Å². The number of rotatable bonds is 6. The van der Waals surface area contributed by atoms with E-state index in [2.05, 4.69) is 83.1 Å². The van der Waals surface area contributed by atoms with Crippen LogP contribution in [0, 0.1) is 33.5 Å². The minimum absolute atomic E-state index is 0.0410. The maximum atomic E-state index is 12.6. The third-order valence-electron chi connectivity index (χ3n) is 7.99. The highest BCUT2D eigenvalue weighted by Gasteiger charge is 2.45. The summed E-state index contributed by atoms with van der Waals surface area (Å²) in [5, 5.41) is 21.9. The molecule has 0 aromatic heterocycles. The van der Waals surface area contributed by atoms with Crippen LogP contribution in [0.2, 0.25) is 0 Å². The van der Waals surface area contributed by atoms with Gasteiger partial charge in [-0.25, -0.2) is 9.59 Å². The number of ether oxygens (including phenoxy) is 2. The van der Waals surface area contributed by atoms with Gasteiger partial charge in [-0.15, -0.1) is 0 Å². The molecule has 4 atom stereocenters. The number of carbonyl (C=O) groups is 2. The van der Waals surface area contributed by atoms with E-state index in [0.29, 0.717) is 24.4 Å². The number of carbonyl (C=O) groups excluding carboxylic acids is 2. The van der Waals surface area contributed by atoms with Gasteiger partial charge in [0, 0.05) is 12.2 Å². The molecule has 0 bridgehead atoms. The zero-order chi connectivity index (χ0) is 32.7. The molecule has 1 fully saturated rings. The molecule has 3 aliphatic rings. The predicted octanol–water partition coefficient (Wildman–Crippen LogP) is 9.29. The molecule has 3 rings (SSSR count). The number of aliphatic hydroxyl groups is 2. The Hall–Kier alpha value is -2.67. The normalized spacial score (nSPS) is 25.7. The molecular weight excluding hydrogens is 560 g/mol. The first kappa shape index (κ1) is 34.8. The van der Waals surface area contributed by atoms with Crippen LogP contribution in [0.15, 0.2) is 70.3 Å². The van der Waals surface area contributed by atoms with Crippen LogP contribution in [-0.4, -0.2) is 33.0 Å². The molecule has 6 nitrogen and oxygen atoms in total. The standard InChI is InChI=1S/C36H52O6S/c1-33(2,3)23-17-21(18-24(29(23)39)34(4,5)6)13-15-27(37)41-31-32(43-31)42-28(38)16-14-22-19-25(35(7,8)9)30(40)26(20-22)36(10,11)12/h13-17,19,21-22,31-32,39-40H,18,20H2,1-12H3.